The van der Waals surface area contributed by atoms with Crippen molar-refractivity contribution >= 4 is 11.9 Å². The summed E-state index contributed by atoms with van der Waals surface area (Å²) >= 11 is 0. The summed E-state index contributed by atoms with van der Waals surface area (Å²) < 4.78 is 25.2. The largest absolute Gasteiger partial charge is 0.460 e. The summed E-state index contributed by atoms with van der Waals surface area (Å²) in [5, 5.41) is 0. The Labute approximate surface area is 148 Å². The molecule has 0 aromatic heterocycles. The first-order valence-electron chi connectivity index (χ1n) is 7.67. The standard InChI is InChI=1S/C18H26O7/c1-5-7-22-13-15(3)17(19)24-11-9-21-10-12-25-18(20)16(4)14-23-8-6-2/h5-6H,1-4,7-14H2. The molecule has 0 atom stereocenters. The SMILES string of the molecule is C=CCOCC(=C)C(=O)OCCOCCOC(=O)C(=C)COCC=C. The fraction of sp³-hybridized carbons (Fsp3) is 0.444. The molecule has 0 fully saturated rings. The Bertz CT molecular complexity index is 426. The lowest BCUT2D eigenvalue weighted by Gasteiger charge is -2.09. The Morgan fingerprint density at radius 3 is 1.44 bits per heavy atom. The van der Waals surface area contributed by atoms with E-state index in [0.29, 0.717) is 13.2 Å². The van der Waals surface area contributed by atoms with Crippen molar-refractivity contribution in [2.75, 3.05) is 52.9 Å². The van der Waals surface area contributed by atoms with Crippen LogP contribution in [0, 0.1) is 0 Å². The lowest BCUT2D eigenvalue weighted by atomic mass is 10.3. The first-order chi connectivity index (χ1) is 12.0. The van der Waals surface area contributed by atoms with Crippen LogP contribution in [0.15, 0.2) is 49.6 Å². The van der Waals surface area contributed by atoms with Gasteiger partial charge in [-0.05, 0) is 0 Å². The first-order valence-corrected chi connectivity index (χ1v) is 7.67. The van der Waals surface area contributed by atoms with E-state index in [2.05, 4.69) is 26.3 Å². The average Bonchev–Trinajstić information content (AvgIpc) is 2.60. The van der Waals surface area contributed by atoms with Gasteiger partial charge in [-0.2, -0.15) is 0 Å². The van der Waals surface area contributed by atoms with Crippen molar-refractivity contribution in [3.63, 3.8) is 0 Å². The van der Waals surface area contributed by atoms with E-state index in [4.69, 9.17) is 23.7 Å². The Hall–Kier alpha value is -2.22. The van der Waals surface area contributed by atoms with Crippen molar-refractivity contribution < 1.29 is 33.3 Å². The van der Waals surface area contributed by atoms with E-state index in [-0.39, 0.29) is 50.8 Å². The van der Waals surface area contributed by atoms with Gasteiger partial charge in [-0.25, -0.2) is 9.59 Å². The molecule has 0 unspecified atom stereocenters. The fourth-order valence-electron chi connectivity index (χ4n) is 1.34. The summed E-state index contributed by atoms with van der Waals surface area (Å²) in [4.78, 5) is 23.0. The van der Waals surface area contributed by atoms with Crippen LogP contribution in [0.1, 0.15) is 0 Å². The highest BCUT2D eigenvalue weighted by molar-refractivity contribution is 5.88. The molecular weight excluding hydrogens is 328 g/mol. The molecule has 0 amide bonds. The highest BCUT2D eigenvalue weighted by Gasteiger charge is 2.09. The Kier molecular flexibility index (Phi) is 14.0. The predicted molar refractivity (Wildman–Crippen MR) is 93.0 cm³/mol. The van der Waals surface area contributed by atoms with Gasteiger partial charge >= 0.3 is 11.9 Å². The molecule has 0 saturated carbocycles. The van der Waals surface area contributed by atoms with Crippen LogP contribution in [0.25, 0.3) is 0 Å². The molecule has 0 aliphatic rings. The van der Waals surface area contributed by atoms with Gasteiger partial charge in [-0.15, -0.1) is 13.2 Å². The molecule has 0 aliphatic carbocycles. The number of hydrogen-bond donors (Lipinski definition) is 0. The van der Waals surface area contributed by atoms with Crippen LogP contribution in [-0.2, 0) is 33.3 Å². The minimum atomic E-state index is -0.546. The molecule has 0 bridgehead atoms. The van der Waals surface area contributed by atoms with Crippen LogP contribution >= 0.6 is 0 Å². The smallest absolute Gasteiger partial charge is 0.335 e. The molecule has 0 aromatic rings. The first kappa shape index (κ1) is 22.8. The minimum Gasteiger partial charge on any atom is -0.460 e. The zero-order valence-corrected chi connectivity index (χ0v) is 14.5. The van der Waals surface area contributed by atoms with Gasteiger partial charge in [0.05, 0.1) is 50.8 Å². The van der Waals surface area contributed by atoms with Crippen LogP contribution in [-0.4, -0.2) is 64.8 Å². The van der Waals surface area contributed by atoms with Crippen molar-refractivity contribution in [2.45, 2.75) is 0 Å². The van der Waals surface area contributed by atoms with Crippen molar-refractivity contribution in [3.8, 4) is 0 Å². The van der Waals surface area contributed by atoms with Crippen molar-refractivity contribution in [1.29, 1.82) is 0 Å². The van der Waals surface area contributed by atoms with E-state index >= 15 is 0 Å². The van der Waals surface area contributed by atoms with Gasteiger partial charge in [0.2, 0.25) is 0 Å². The summed E-state index contributed by atoms with van der Waals surface area (Å²) in [6.07, 6.45) is 3.14. The number of esters is 2. The highest BCUT2D eigenvalue weighted by Crippen LogP contribution is 1.98. The monoisotopic (exact) mass is 354 g/mol. The lowest BCUT2D eigenvalue weighted by molar-refractivity contribution is -0.142. The Balaban J connectivity index is 3.60. The molecular formula is C18H26O7. The second-order valence-electron chi connectivity index (χ2n) is 4.70. The van der Waals surface area contributed by atoms with Crippen molar-refractivity contribution in [3.05, 3.63) is 49.6 Å². The molecule has 0 rings (SSSR count). The molecule has 7 nitrogen and oxygen atoms in total. The topological polar surface area (TPSA) is 80.3 Å². The maximum Gasteiger partial charge on any atom is 0.335 e. The molecule has 0 spiro atoms. The second kappa shape index (κ2) is 15.3. The van der Waals surface area contributed by atoms with Crippen molar-refractivity contribution in [1.82, 2.24) is 0 Å². The van der Waals surface area contributed by atoms with Gasteiger partial charge in [0.15, 0.2) is 0 Å². The zero-order chi connectivity index (χ0) is 18.9. The maximum atomic E-state index is 11.5. The minimum absolute atomic E-state index is 0.0648. The zero-order valence-electron chi connectivity index (χ0n) is 14.5. The van der Waals surface area contributed by atoms with Crippen LogP contribution in [0.5, 0.6) is 0 Å². The van der Waals surface area contributed by atoms with Gasteiger partial charge < -0.3 is 23.7 Å². The van der Waals surface area contributed by atoms with Crippen LogP contribution < -0.4 is 0 Å². The van der Waals surface area contributed by atoms with Gasteiger partial charge in [-0.1, -0.05) is 25.3 Å². The Morgan fingerprint density at radius 1 is 0.680 bits per heavy atom. The third-order valence-electron chi connectivity index (χ3n) is 2.52. The molecule has 140 valence electrons. The van der Waals surface area contributed by atoms with Crippen LogP contribution in [0.3, 0.4) is 0 Å². The third-order valence-corrected chi connectivity index (χ3v) is 2.52. The molecule has 0 heterocycles. The molecule has 0 saturated heterocycles. The molecule has 0 radical (unpaired) electrons. The van der Waals surface area contributed by atoms with Gasteiger partial charge in [0, 0.05) is 0 Å². The summed E-state index contributed by atoms with van der Waals surface area (Å²) in [6, 6.07) is 0. The van der Waals surface area contributed by atoms with E-state index in [9.17, 15) is 9.59 Å². The lowest BCUT2D eigenvalue weighted by Crippen LogP contribution is -2.18. The van der Waals surface area contributed by atoms with Crippen molar-refractivity contribution in [2.24, 2.45) is 0 Å². The maximum absolute atomic E-state index is 11.5. The van der Waals surface area contributed by atoms with Gasteiger partial charge in [0.1, 0.15) is 13.2 Å². The molecule has 0 N–H and O–H groups in total. The quantitative estimate of drug-likeness (QED) is 0.180. The summed E-state index contributed by atoms with van der Waals surface area (Å²) in [5.41, 5.74) is 0.431. The predicted octanol–water partition coefficient (Wildman–Crippen LogP) is 1.61. The van der Waals surface area contributed by atoms with E-state index < -0.39 is 11.9 Å². The number of hydrogen-bond acceptors (Lipinski definition) is 7. The molecule has 0 aromatic carbocycles. The number of ether oxygens (including phenoxy) is 5. The third kappa shape index (κ3) is 12.8. The summed E-state index contributed by atoms with van der Waals surface area (Å²) in [6.45, 7) is 15.4. The van der Waals surface area contributed by atoms with E-state index in [1.165, 1.54) is 0 Å². The number of rotatable bonds is 16. The fourth-order valence-corrected chi connectivity index (χ4v) is 1.34. The molecule has 25 heavy (non-hydrogen) atoms. The number of carbonyl (C=O) groups is 2. The van der Waals surface area contributed by atoms with Gasteiger partial charge in [0.25, 0.3) is 0 Å². The summed E-state index contributed by atoms with van der Waals surface area (Å²) in [5.74, 6) is -1.09. The second-order valence-corrected chi connectivity index (χ2v) is 4.70. The van der Waals surface area contributed by atoms with E-state index in [0.717, 1.165) is 0 Å². The average molecular weight is 354 g/mol. The van der Waals surface area contributed by atoms with Crippen LogP contribution in [0.4, 0.5) is 0 Å². The molecule has 0 aliphatic heterocycles. The normalized spacial score (nSPS) is 9.92. The number of carbonyl (C=O) groups excluding carboxylic acids is 2. The van der Waals surface area contributed by atoms with E-state index in [1.807, 2.05) is 0 Å². The van der Waals surface area contributed by atoms with E-state index in [1.54, 1.807) is 12.2 Å². The highest BCUT2D eigenvalue weighted by atomic mass is 16.6. The Morgan fingerprint density at radius 2 is 1.08 bits per heavy atom. The van der Waals surface area contributed by atoms with Crippen LogP contribution in [0.2, 0.25) is 0 Å². The van der Waals surface area contributed by atoms with Gasteiger partial charge in [-0.3, -0.25) is 0 Å². The summed E-state index contributed by atoms with van der Waals surface area (Å²) in [7, 11) is 0. The molecule has 7 heteroatoms.